The Morgan fingerprint density at radius 3 is 2.87 bits per heavy atom. The van der Waals surface area contributed by atoms with Crippen molar-refractivity contribution < 1.29 is 14.1 Å². The number of hydrogen-bond donors (Lipinski definition) is 1. The van der Waals surface area contributed by atoms with Crippen LogP contribution in [-0.4, -0.2) is 54.4 Å². The minimum atomic E-state index is 0.0107. The van der Waals surface area contributed by atoms with Crippen molar-refractivity contribution in [2.45, 2.75) is 19.8 Å². The summed E-state index contributed by atoms with van der Waals surface area (Å²) >= 11 is 0. The number of piperidine rings is 1. The third-order valence-corrected chi connectivity index (χ3v) is 5.49. The summed E-state index contributed by atoms with van der Waals surface area (Å²) in [6.07, 6.45) is 3.31. The minimum absolute atomic E-state index is 0.0107. The van der Waals surface area contributed by atoms with Crippen LogP contribution in [0.15, 0.2) is 47.1 Å². The van der Waals surface area contributed by atoms with Gasteiger partial charge in [0.15, 0.2) is 0 Å². The van der Waals surface area contributed by atoms with Crippen molar-refractivity contribution in [2.75, 3.05) is 38.3 Å². The smallest absolute Gasteiger partial charge is 0.261 e. The molecule has 1 fully saturated rings. The summed E-state index contributed by atoms with van der Waals surface area (Å²) in [6, 6.07) is 11.8. The predicted molar refractivity (Wildman–Crippen MR) is 118 cm³/mol. The van der Waals surface area contributed by atoms with Gasteiger partial charge in [0, 0.05) is 44.4 Å². The summed E-state index contributed by atoms with van der Waals surface area (Å²) in [4.78, 5) is 23.7. The fraction of sp³-hybridized carbons (Fsp3) is 0.391. The van der Waals surface area contributed by atoms with E-state index in [4.69, 9.17) is 9.26 Å². The van der Waals surface area contributed by atoms with Gasteiger partial charge in [-0.2, -0.15) is 4.98 Å². The molecule has 4 rings (SSSR count). The number of methoxy groups -OCH3 is 1. The van der Waals surface area contributed by atoms with Crippen molar-refractivity contribution in [2.24, 2.45) is 5.92 Å². The van der Waals surface area contributed by atoms with Gasteiger partial charge in [-0.3, -0.25) is 4.79 Å². The van der Waals surface area contributed by atoms with Crippen LogP contribution in [0.5, 0.6) is 0 Å². The molecule has 3 aromatic rings. The highest BCUT2D eigenvalue weighted by atomic mass is 16.5. The second kappa shape index (κ2) is 9.70. The Morgan fingerprint density at radius 2 is 2.10 bits per heavy atom. The Bertz CT molecular complexity index is 1030. The van der Waals surface area contributed by atoms with E-state index < -0.39 is 0 Å². The van der Waals surface area contributed by atoms with Crippen LogP contribution in [-0.2, 0) is 9.53 Å². The number of hydrogen-bond acceptors (Lipinski definition) is 7. The lowest BCUT2D eigenvalue weighted by atomic mass is 9.95. The highest BCUT2D eigenvalue weighted by molar-refractivity contribution is 5.79. The van der Waals surface area contributed by atoms with E-state index in [0.29, 0.717) is 24.9 Å². The number of carbonyl (C=O) groups excluding carboxylic acids is 1. The van der Waals surface area contributed by atoms with Crippen molar-refractivity contribution in [3.05, 3.63) is 48.2 Å². The summed E-state index contributed by atoms with van der Waals surface area (Å²) < 4.78 is 10.6. The van der Waals surface area contributed by atoms with Crippen molar-refractivity contribution in [3.8, 4) is 22.8 Å². The quantitative estimate of drug-likeness (QED) is 0.586. The zero-order chi connectivity index (χ0) is 21.6. The van der Waals surface area contributed by atoms with Crippen LogP contribution in [0.2, 0.25) is 0 Å². The fourth-order valence-corrected chi connectivity index (χ4v) is 3.82. The number of ether oxygens (including phenoxy) is 1. The molecule has 1 aliphatic heterocycles. The molecule has 1 N–H and O–H groups in total. The second-order valence-electron chi connectivity index (χ2n) is 7.71. The van der Waals surface area contributed by atoms with E-state index in [1.807, 2.05) is 43.3 Å². The Labute approximate surface area is 181 Å². The molecular weight excluding hydrogens is 394 g/mol. The molecule has 1 amide bonds. The van der Waals surface area contributed by atoms with Gasteiger partial charge >= 0.3 is 0 Å². The molecular formula is C23H27N5O3. The van der Waals surface area contributed by atoms with Gasteiger partial charge in [0.25, 0.3) is 5.89 Å². The van der Waals surface area contributed by atoms with Gasteiger partial charge in [-0.1, -0.05) is 28.9 Å². The lowest BCUT2D eigenvalue weighted by Crippen LogP contribution is -2.41. The fourth-order valence-electron chi connectivity index (χ4n) is 3.82. The lowest BCUT2D eigenvalue weighted by molar-refractivity contribution is -0.125. The second-order valence-corrected chi connectivity index (χ2v) is 7.71. The number of amides is 1. The Hall–Kier alpha value is -3.26. The van der Waals surface area contributed by atoms with Crippen molar-refractivity contribution in [1.29, 1.82) is 0 Å². The normalized spacial score (nSPS) is 14.6. The van der Waals surface area contributed by atoms with E-state index in [9.17, 15) is 4.79 Å². The number of rotatable bonds is 7. The van der Waals surface area contributed by atoms with E-state index in [2.05, 4.69) is 25.3 Å². The molecule has 3 heterocycles. The largest absolute Gasteiger partial charge is 0.383 e. The van der Waals surface area contributed by atoms with E-state index in [1.54, 1.807) is 13.3 Å². The van der Waals surface area contributed by atoms with Crippen molar-refractivity contribution in [1.82, 2.24) is 20.4 Å². The van der Waals surface area contributed by atoms with Gasteiger partial charge < -0.3 is 19.5 Å². The first-order valence-electron chi connectivity index (χ1n) is 10.5. The Morgan fingerprint density at radius 1 is 1.26 bits per heavy atom. The van der Waals surface area contributed by atoms with Gasteiger partial charge in [-0.15, -0.1) is 0 Å². The molecule has 0 aliphatic carbocycles. The first kappa shape index (κ1) is 21.0. The lowest BCUT2D eigenvalue weighted by Gasteiger charge is -2.32. The molecule has 0 spiro atoms. The summed E-state index contributed by atoms with van der Waals surface area (Å²) in [5.74, 6) is 1.91. The van der Waals surface area contributed by atoms with Crippen LogP contribution in [0, 0.1) is 12.8 Å². The third kappa shape index (κ3) is 4.91. The van der Waals surface area contributed by atoms with Crippen LogP contribution in [0.25, 0.3) is 22.8 Å². The average Bonchev–Trinajstić information content (AvgIpc) is 3.30. The molecule has 1 saturated heterocycles. The van der Waals surface area contributed by atoms with Gasteiger partial charge in [0.1, 0.15) is 5.82 Å². The molecule has 0 radical (unpaired) electrons. The van der Waals surface area contributed by atoms with Gasteiger partial charge in [-0.25, -0.2) is 4.98 Å². The first-order valence-corrected chi connectivity index (χ1v) is 10.5. The number of nitrogens with zero attached hydrogens (tertiary/aromatic N) is 4. The first-order chi connectivity index (χ1) is 15.2. The maximum atomic E-state index is 12.3. The van der Waals surface area contributed by atoms with E-state index in [1.165, 1.54) is 0 Å². The van der Waals surface area contributed by atoms with Gasteiger partial charge in [0.05, 0.1) is 12.2 Å². The molecule has 0 unspecified atom stereocenters. The number of anilines is 1. The van der Waals surface area contributed by atoms with Crippen LogP contribution >= 0.6 is 0 Å². The molecule has 8 heteroatoms. The SMILES string of the molecule is COCCNC(=O)C1CCN(c2ncccc2-c2nc(-c3cccc(C)c3)no2)CC1. The van der Waals surface area contributed by atoms with Crippen LogP contribution in [0.4, 0.5) is 5.82 Å². The summed E-state index contributed by atoms with van der Waals surface area (Å²) in [5, 5.41) is 7.10. The standard InChI is InChI=1S/C23H27N5O3/c1-16-5-3-6-18(15-16)20-26-23(31-27-20)19-7-4-10-24-21(19)28-12-8-17(9-13-28)22(29)25-11-14-30-2/h3-7,10,15,17H,8-9,11-14H2,1-2H3,(H,25,29). The summed E-state index contributed by atoms with van der Waals surface area (Å²) in [7, 11) is 1.63. The zero-order valence-electron chi connectivity index (χ0n) is 17.9. The van der Waals surface area contributed by atoms with Gasteiger partial charge in [0.2, 0.25) is 11.7 Å². The number of aryl methyl sites for hydroxylation is 1. The molecule has 1 aromatic carbocycles. The average molecular weight is 422 g/mol. The van der Waals surface area contributed by atoms with Crippen molar-refractivity contribution in [3.63, 3.8) is 0 Å². The number of aromatic nitrogens is 3. The number of benzene rings is 1. The Kier molecular flexibility index (Phi) is 6.57. The number of nitrogens with one attached hydrogen (secondary N) is 1. The molecule has 162 valence electrons. The van der Waals surface area contributed by atoms with Crippen LogP contribution in [0.1, 0.15) is 18.4 Å². The topological polar surface area (TPSA) is 93.4 Å². The summed E-state index contributed by atoms with van der Waals surface area (Å²) in [6.45, 7) is 4.58. The molecule has 0 bridgehead atoms. The molecule has 2 aromatic heterocycles. The highest BCUT2D eigenvalue weighted by Crippen LogP contribution is 2.32. The van der Waals surface area contributed by atoms with E-state index in [0.717, 1.165) is 48.4 Å². The molecule has 31 heavy (non-hydrogen) atoms. The molecule has 0 saturated carbocycles. The van der Waals surface area contributed by atoms with Gasteiger partial charge in [-0.05, 0) is 38.0 Å². The molecule has 8 nitrogen and oxygen atoms in total. The van der Waals surface area contributed by atoms with Crippen molar-refractivity contribution >= 4 is 11.7 Å². The zero-order valence-corrected chi connectivity index (χ0v) is 17.9. The Balaban J connectivity index is 1.47. The number of carbonyl (C=O) groups is 1. The molecule has 1 aliphatic rings. The highest BCUT2D eigenvalue weighted by Gasteiger charge is 2.27. The number of pyridine rings is 1. The van der Waals surface area contributed by atoms with E-state index in [-0.39, 0.29) is 11.8 Å². The van der Waals surface area contributed by atoms with E-state index >= 15 is 0 Å². The molecule has 0 atom stereocenters. The van der Waals surface area contributed by atoms with Crippen LogP contribution in [0.3, 0.4) is 0 Å². The maximum Gasteiger partial charge on any atom is 0.261 e. The minimum Gasteiger partial charge on any atom is -0.383 e. The predicted octanol–water partition coefficient (Wildman–Crippen LogP) is 3.09. The summed E-state index contributed by atoms with van der Waals surface area (Å²) in [5.41, 5.74) is 2.86. The third-order valence-electron chi connectivity index (χ3n) is 5.49. The monoisotopic (exact) mass is 421 g/mol. The maximum absolute atomic E-state index is 12.3. The van der Waals surface area contributed by atoms with Crippen LogP contribution < -0.4 is 10.2 Å².